The predicted molar refractivity (Wildman–Crippen MR) is 97.4 cm³/mol. The molecule has 1 aliphatic rings. The SMILES string of the molecule is CC(=O)N(C)C1CCN(CCC(C)c2ccc(Cl)c(Cl)c2)CC1. The van der Waals surface area contributed by atoms with Crippen molar-refractivity contribution in [3.05, 3.63) is 33.8 Å². The highest BCUT2D eigenvalue weighted by Gasteiger charge is 2.23. The Hall–Kier alpha value is -0.770. The Morgan fingerprint density at radius 1 is 1.30 bits per heavy atom. The normalized spacial score (nSPS) is 18.0. The number of rotatable bonds is 5. The van der Waals surface area contributed by atoms with E-state index in [1.807, 2.05) is 24.1 Å². The molecule has 1 fully saturated rings. The zero-order chi connectivity index (χ0) is 17.0. The number of benzene rings is 1. The Morgan fingerprint density at radius 2 is 1.96 bits per heavy atom. The van der Waals surface area contributed by atoms with Crippen LogP contribution in [-0.2, 0) is 4.79 Å². The van der Waals surface area contributed by atoms with Crippen LogP contribution >= 0.6 is 23.2 Å². The molecule has 0 saturated carbocycles. The van der Waals surface area contributed by atoms with Crippen LogP contribution in [0.25, 0.3) is 0 Å². The number of nitrogens with zero attached hydrogens (tertiary/aromatic N) is 2. The lowest BCUT2D eigenvalue weighted by molar-refractivity contribution is -0.130. The van der Waals surface area contributed by atoms with Crippen molar-refractivity contribution < 1.29 is 4.79 Å². The standard InChI is InChI=1S/C18H26Cl2N2O/c1-13(15-4-5-17(19)18(20)12-15)6-9-22-10-7-16(8-11-22)21(3)14(2)23/h4-5,12-13,16H,6-11H2,1-3H3. The van der Waals surface area contributed by atoms with Crippen molar-refractivity contribution in [1.29, 1.82) is 0 Å². The molecule has 0 aromatic heterocycles. The van der Waals surface area contributed by atoms with Gasteiger partial charge in [-0.15, -0.1) is 0 Å². The second-order valence-corrected chi connectivity index (χ2v) is 7.38. The molecule has 0 bridgehead atoms. The fraction of sp³-hybridized carbons (Fsp3) is 0.611. The number of hydrogen-bond acceptors (Lipinski definition) is 2. The summed E-state index contributed by atoms with van der Waals surface area (Å²) in [7, 11) is 1.91. The molecular formula is C18H26Cl2N2O. The van der Waals surface area contributed by atoms with E-state index in [4.69, 9.17) is 23.2 Å². The third-order valence-electron chi connectivity index (χ3n) is 4.99. The van der Waals surface area contributed by atoms with Gasteiger partial charge in [-0.05, 0) is 49.4 Å². The zero-order valence-electron chi connectivity index (χ0n) is 14.2. The molecule has 1 aliphatic heterocycles. The number of likely N-dealkylation sites (tertiary alicyclic amines) is 1. The highest BCUT2D eigenvalue weighted by atomic mass is 35.5. The third kappa shape index (κ3) is 5.10. The van der Waals surface area contributed by atoms with Gasteiger partial charge in [0.2, 0.25) is 5.91 Å². The minimum Gasteiger partial charge on any atom is -0.343 e. The Morgan fingerprint density at radius 3 is 2.52 bits per heavy atom. The predicted octanol–water partition coefficient (Wildman–Crippen LogP) is 4.43. The van der Waals surface area contributed by atoms with Crippen LogP contribution in [0.2, 0.25) is 10.0 Å². The number of carbonyl (C=O) groups is 1. The van der Waals surface area contributed by atoms with Gasteiger partial charge in [-0.3, -0.25) is 4.79 Å². The lowest BCUT2D eigenvalue weighted by Gasteiger charge is -2.36. The molecule has 0 aliphatic carbocycles. The first-order chi connectivity index (χ1) is 10.9. The maximum Gasteiger partial charge on any atom is 0.219 e. The second-order valence-electron chi connectivity index (χ2n) is 6.57. The van der Waals surface area contributed by atoms with Crippen LogP contribution < -0.4 is 0 Å². The quantitative estimate of drug-likeness (QED) is 0.778. The molecule has 0 radical (unpaired) electrons. The Kier molecular flexibility index (Phi) is 6.75. The Balaban J connectivity index is 1.78. The number of halogens is 2. The van der Waals surface area contributed by atoms with Crippen LogP contribution in [-0.4, -0.2) is 48.4 Å². The van der Waals surface area contributed by atoms with Crippen molar-refractivity contribution >= 4 is 29.1 Å². The highest BCUT2D eigenvalue weighted by Crippen LogP contribution is 2.28. The van der Waals surface area contributed by atoms with E-state index in [1.165, 1.54) is 5.56 Å². The molecule has 2 rings (SSSR count). The van der Waals surface area contributed by atoms with Crippen molar-refractivity contribution in [2.75, 3.05) is 26.7 Å². The highest BCUT2D eigenvalue weighted by molar-refractivity contribution is 6.42. The summed E-state index contributed by atoms with van der Waals surface area (Å²) in [4.78, 5) is 15.8. The van der Waals surface area contributed by atoms with Gasteiger partial charge < -0.3 is 9.80 Å². The average molecular weight is 357 g/mol. The average Bonchev–Trinajstić information content (AvgIpc) is 2.54. The van der Waals surface area contributed by atoms with E-state index in [2.05, 4.69) is 17.9 Å². The number of piperidine rings is 1. The van der Waals surface area contributed by atoms with E-state index < -0.39 is 0 Å². The molecule has 0 N–H and O–H groups in total. The minimum absolute atomic E-state index is 0.164. The first-order valence-corrected chi connectivity index (χ1v) is 9.04. The van der Waals surface area contributed by atoms with E-state index in [9.17, 15) is 4.79 Å². The van der Waals surface area contributed by atoms with Gasteiger partial charge in [0.15, 0.2) is 0 Å². The first kappa shape index (κ1) is 18.6. The maximum absolute atomic E-state index is 11.4. The molecule has 3 nitrogen and oxygen atoms in total. The fourth-order valence-corrected chi connectivity index (χ4v) is 3.46. The molecule has 1 saturated heterocycles. The molecule has 23 heavy (non-hydrogen) atoms. The van der Waals surface area contributed by atoms with E-state index in [1.54, 1.807) is 6.92 Å². The third-order valence-corrected chi connectivity index (χ3v) is 5.73. The molecular weight excluding hydrogens is 331 g/mol. The van der Waals surface area contributed by atoms with Crippen LogP contribution in [0.1, 0.15) is 44.6 Å². The molecule has 1 heterocycles. The summed E-state index contributed by atoms with van der Waals surface area (Å²) in [6.07, 6.45) is 3.24. The van der Waals surface area contributed by atoms with Gasteiger partial charge in [-0.1, -0.05) is 36.2 Å². The van der Waals surface area contributed by atoms with Crippen LogP contribution in [0.15, 0.2) is 18.2 Å². The van der Waals surface area contributed by atoms with Crippen molar-refractivity contribution in [3.8, 4) is 0 Å². The number of carbonyl (C=O) groups excluding carboxylic acids is 1. The smallest absolute Gasteiger partial charge is 0.219 e. The topological polar surface area (TPSA) is 23.6 Å². The minimum atomic E-state index is 0.164. The maximum atomic E-state index is 11.4. The largest absolute Gasteiger partial charge is 0.343 e. The van der Waals surface area contributed by atoms with E-state index in [0.717, 1.165) is 38.9 Å². The zero-order valence-corrected chi connectivity index (χ0v) is 15.7. The molecule has 5 heteroatoms. The summed E-state index contributed by atoms with van der Waals surface area (Å²) in [6, 6.07) is 6.31. The van der Waals surface area contributed by atoms with E-state index in [0.29, 0.717) is 22.0 Å². The number of hydrogen-bond donors (Lipinski definition) is 0. The lowest BCUT2D eigenvalue weighted by atomic mass is 9.96. The van der Waals surface area contributed by atoms with Crippen molar-refractivity contribution in [2.45, 2.75) is 45.1 Å². The van der Waals surface area contributed by atoms with Gasteiger partial charge in [-0.25, -0.2) is 0 Å². The monoisotopic (exact) mass is 356 g/mol. The van der Waals surface area contributed by atoms with Gasteiger partial charge in [0.25, 0.3) is 0 Å². The molecule has 1 amide bonds. The van der Waals surface area contributed by atoms with Gasteiger partial charge in [0.1, 0.15) is 0 Å². The van der Waals surface area contributed by atoms with Crippen LogP contribution in [0, 0.1) is 0 Å². The summed E-state index contributed by atoms with van der Waals surface area (Å²) in [6.45, 7) is 7.09. The van der Waals surface area contributed by atoms with E-state index >= 15 is 0 Å². The first-order valence-electron chi connectivity index (χ1n) is 8.29. The Labute approximate surface area is 149 Å². The summed E-state index contributed by atoms with van der Waals surface area (Å²) in [5.74, 6) is 0.624. The van der Waals surface area contributed by atoms with Crippen molar-refractivity contribution in [3.63, 3.8) is 0 Å². The van der Waals surface area contributed by atoms with E-state index in [-0.39, 0.29) is 5.91 Å². The molecule has 128 valence electrons. The summed E-state index contributed by atoms with van der Waals surface area (Å²) < 4.78 is 0. The molecule has 1 aromatic carbocycles. The van der Waals surface area contributed by atoms with Crippen LogP contribution in [0.5, 0.6) is 0 Å². The Bertz CT molecular complexity index is 542. The van der Waals surface area contributed by atoms with Crippen LogP contribution in [0.4, 0.5) is 0 Å². The summed E-state index contributed by atoms with van der Waals surface area (Å²) in [5, 5.41) is 1.24. The second kappa shape index (κ2) is 8.36. The summed E-state index contributed by atoms with van der Waals surface area (Å²) in [5.41, 5.74) is 1.24. The van der Waals surface area contributed by atoms with Gasteiger partial charge >= 0.3 is 0 Å². The molecule has 1 aromatic rings. The summed E-state index contributed by atoms with van der Waals surface area (Å²) >= 11 is 12.1. The van der Waals surface area contributed by atoms with Crippen LogP contribution in [0.3, 0.4) is 0 Å². The fourth-order valence-electron chi connectivity index (χ4n) is 3.15. The molecule has 1 atom stereocenters. The molecule has 0 spiro atoms. The lowest BCUT2D eigenvalue weighted by Crippen LogP contribution is -2.45. The van der Waals surface area contributed by atoms with Gasteiger partial charge in [0.05, 0.1) is 10.0 Å². The van der Waals surface area contributed by atoms with Gasteiger partial charge in [-0.2, -0.15) is 0 Å². The van der Waals surface area contributed by atoms with Crippen molar-refractivity contribution in [1.82, 2.24) is 9.80 Å². The molecule has 1 unspecified atom stereocenters. The van der Waals surface area contributed by atoms with Gasteiger partial charge in [0, 0.05) is 33.1 Å². The van der Waals surface area contributed by atoms with Crippen molar-refractivity contribution in [2.24, 2.45) is 0 Å². The number of amides is 1.